The van der Waals surface area contributed by atoms with E-state index in [1.165, 1.54) is 25.7 Å². The number of hydrogen-bond acceptors (Lipinski definition) is 1. The Morgan fingerprint density at radius 2 is 1.69 bits per heavy atom. The topological polar surface area (TPSA) is 9.23 Å². The summed E-state index contributed by atoms with van der Waals surface area (Å²) in [5, 5.41) is 0. The van der Waals surface area contributed by atoms with E-state index in [-0.39, 0.29) is 0 Å². The van der Waals surface area contributed by atoms with E-state index in [1.807, 2.05) is 0 Å². The summed E-state index contributed by atoms with van der Waals surface area (Å²) < 4.78 is 5.92. The van der Waals surface area contributed by atoms with Crippen LogP contribution in [0.5, 0.6) is 0 Å². The zero-order valence-corrected chi connectivity index (χ0v) is 9.55. The van der Waals surface area contributed by atoms with E-state index in [0.29, 0.717) is 12.2 Å². The van der Waals surface area contributed by atoms with Gasteiger partial charge in [0.2, 0.25) is 0 Å². The summed E-state index contributed by atoms with van der Waals surface area (Å²) in [4.78, 5) is 0. The van der Waals surface area contributed by atoms with Crippen LogP contribution in [0.3, 0.4) is 0 Å². The molecule has 0 saturated heterocycles. The molecule has 1 unspecified atom stereocenters. The summed E-state index contributed by atoms with van der Waals surface area (Å²) in [6, 6.07) is 0. The van der Waals surface area contributed by atoms with Crippen molar-refractivity contribution in [3.05, 3.63) is 0 Å². The lowest BCUT2D eigenvalue weighted by atomic mass is 10.0. The third-order valence-corrected chi connectivity index (χ3v) is 2.62. The fourth-order valence-corrected chi connectivity index (χ4v) is 1.73. The first-order valence-corrected chi connectivity index (χ1v) is 5.75. The molecule has 0 heterocycles. The Bertz CT molecular complexity index is 136. The first kappa shape index (κ1) is 11.0. The van der Waals surface area contributed by atoms with Crippen LogP contribution in [0.15, 0.2) is 0 Å². The fraction of sp³-hybridized carbons (Fsp3) is 1.00. The van der Waals surface area contributed by atoms with Gasteiger partial charge in [0.25, 0.3) is 0 Å². The minimum atomic E-state index is 0.401. The molecular weight excluding hydrogens is 160 g/mol. The number of rotatable bonds is 6. The molecule has 0 bridgehead atoms. The van der Waals surface area contributed by atoms with Crippen molar-refractivity contribution in [3.8, 4) is 0 Å². The van der Waals surface area contributed by atoms with Crippen molar-refractivity contribution < 1.29 is 4.74 Å². The van der Waals surface area contributed by atoms with Gasteiger partial charge >= 0.3 is 0 Å². The molecule has 1 atom stereocenters. The Labute approximate surface area is 82.9 Å². The minimum Gasteiger partial charge on any atom is -0.375 e. The highest BCUT2D eigenvalue weighted by atomic mass is 16.5. The lowest BCUT2D eigenvalue weighted by molar-refractivity contribution is -0.0120. The molecule has 0 amide bonds. The van der Waals surface area contributed by atoms with Crippen molar-refractivity contribution in [3.63, 3.8) is 0 Å². The van der Waals surface area contributed by atoms with Crippen molar-refractivity contribution in [2.24, 2.45) is 11.8 Å². The maximum Gasteiger partial charge on any atom is 0.0606 e. The van der Waals surface area contributed by atoms with Crippen LogP contribution in [0.2, 0.25) is 0 Å². The van der Waals surface area contributed by atoms with Gasteiger partial charge in [0.15, 0.2) is 0 Å². The van der Waals surface area contributed by atoms with Crippen LogP contribution in [-0.2, 0) is 4.74 Å². The lowest BCUT2D eigenvalue weighted by Gasteiger charge is -2.20. The fourth-order valence-electron chi connectivity index (χ4n) is 1.73. The molecule has 0 aromatic heterocycles. The lowest BCUT2D eigenvalue weighted by Crippen LogP contribution is -2.20. The molecule has 0 aromatic rings. The summed E-state index contributed by atoms with van der Waals surface area (Å²) in [7, 11) is 0. The van der Waals surface area contributed by atoms with Crippen LogP contribution in [0.25, 0.3) is 0 Å². The van der Waals surface area contributed by atoms with E-state index in [9.17, 15) is 0 Å². The smallest absolute Gasteiger partial charge is 0.0606 e. The van der Waals surface area contributed by atoms with Crippen LogP contribution in [-0.4, -0.2) is 12.2 Å². The summed E-state index contributed by atoms with van der Waals surface area (Å²) in [5.41, 5.74) is 0. The molecule has 0 aromatic carbocycles. The maximum atomic E-state index is 5.92. The largest absolute Gasteiger partial charge is 0.375 e. The molecule has 1 heteroatoms. The highest BCUT2D eigenvalue weighted by Crippen LogP contribution is 2.37. The van der Waals surface area contributed by atoms with E-state index in [2.05, 4.69) is 27.7 Å². The molecule has 0 N–H and O–H groups in total. The van der Waals surface area contributed by atoms with Crippen LogP contribution >= 0.6 is 0 Å². The standard InChI is InChI=1S/C12H24O/c1-9(2)5-8-12(11-6-7-11)13-10(3)4/h9-12H,5-8H2,1-4H3. The van der Waals surface area contributed by atoms with Gasteiger partial charge in [0.1, 0.15) is 0 Å². The monoisotopic (exact) mass is 184 g/mol. The second-order valence-corrected chi connectivity index (χ2v) is 5.03. The quantitative estimate of drug-likeness (QED) is 0.612. The summed E-state index contributed by atoms with van der Waals surface area (Å²) >= 11 is 0. The maximum absolute atomic E-state index is 5.92. The van der Waals surface area contributed by atoms with Crippen LogP contribution < -0.4 is 0 Å². The van der Waals surface area contributed by atoms with E-state index in [4.69, 9.17) is 4.74 Å². The summed E-state index contributed by atoms with van der Waals surface area (Å²) in [6.45, 7) is 8.87. The molecule has 1 rings (SSSR count). The van der Waals surface area contributed by atoms with Gasteiger partial charge in [0, 0.05) is 0 Å². The molecule has 13 heavy (non-hydrogen) atoms. The van der Waals surface area contributed by atoms with Crippen molar-refractivity contribution in [1.82, 2.24) is 0 Å². The Kier molecular flexibility index (Phi) is 4.24. The zero-order valence-electron chi connectivity index (χ0n) is 9.55. The second-order valence-electron chi connectivity index (χ2n) is 5.03. The summed E-state index contributed by atoms with van der Waals surface area (Å²) in [5.74, 6) is 1.71. The molecule has 0 radical (unpaired) electrons. The number of ether oxygens (including phenoxy) is 1. The van der Waals surface area contributed by atoms with E-state index >= 15 is 0 Å². The Balaban J connectivity index is 2.21. The van der Waals surface area contributed by atoms with Gasteiger partial charge in [-0.25, -0.2) is 0 Å². The average molecular weight is 184 g/mol. The zero-order chi connectivity index (χ0) is 9.84. The molecule has 1 aliphatic rings. The Hall–Kier alpha value is -0.0400. The van der Waals surface area contributed by atoms with Crippen molar-refractivity contribution in [2.75, 3.05) is 0 Å². The van der Waals surface area contributed by atoms with Crippen LogP contribution in [0, 0.1) is 11.8 Å². The molecule has 0 spiro atoms. The molecule has 1 saturated carbocycles. The Morgan fingerprint density at radius 3 is 2.08 bits per heavy atom. The molecule has 1 fully saturated rings. The van der Waals surface area contributed by atoms with Gasteiger partial charge in [-0.15, -0.1) is 0 Å². The first-order chi connectivity index (χ1) is 6.09. The highest BCUT2D eigenvalue weighted by molar-refractivity contribution is 4.82. The average Bonchev–Trinajstić information content (AvgIpc) is 2.78. The van der Waals surface area contributed by atoms with Gasteiger partial charge in [0.05, 0.1) is 12.2 Å². The van der Waals surface area contributed by atoms with Crippen molar-refractivity contribution in [1.29, 1.82) is 0 Å². The molecule has 1 aliphatic carbocycles. The highest BCUT2D eigenvalue weighted by Gasteiger charge is 2.32. The van der Waals surface area contributed by atoms with E-state index in [0.717, 1.165) is 11.8 Å². The predicted molar refractivity (Wildman–Crippen MR) is 56.8 cm³/mol. The van der Waals surface area contributed by atoms with Gasteiger partial charge in [-0.3, -0.25) is 0 Å². The van der Waals surface area contributed by atoms with Crippen LogP contribution in [0.1, 0.15) is 53.4 Å². The first-order valence-electron chi connectivity index (χ1n) is 5.75. The predicted octanol–water partition coefficient (Wildman–Crippen LogP) is 3.63. The van der Waals surface area contributed by atoms with Gasteiger partial charge < -0.3 is 4.74 Å². The van der Waals surface area contributed by atoms with Crippen molar-refractivity contribution in [2.45, 2.75) is 65.6 Å². The molecule has 78 valence electrons. The van der Waals surface area contributed by atoms with E-state index in [1.54, 1.807) is 0 Å². The van der Waals surface area contributed by atoms with Gasteiger partial charge in [-0.2, -0.15) is 0 Å². The second kappa shape index (κ2) is 4.99. The molecule has 1 nitrogen and oxygen atoms in total. The third kappa shape index (κ3) is 4.66. The molecular formula is C12H24O. The summed E-state index contributed by atoms with van der Waals surface area (Å²) in [6.07, 6.45) is 6.33. The Morgan fingerprint density at radius 1 is 1.08 bits per heavy atom. The normalized spacial score (nSPS) is 19.8. The van der Waals surface area contributed by atoms with Gasteiger partial charge in [-0.05, 0) is 51.4 Å². The van der Waals surface area contributed by atoms with Crippen LogP contribution in [0.4, 0.5) is 0 Å². The third-order valence-electron chi connectivity index (χ3n) is 2.62. The molecule has 0 aliphatic heterocycles. The van der Waals surface area contributed by atoms with Gasteiger partial charge in [-0.1, -0.05) is 13.8 Å². The van der Waals surface area contributed by atoms with E-state index < -0.39 is 0 Å². The minimum absolute atomic E-state index is 0.401. The number of hydrogen-bond donors (Lipinski definition) is 0. The SMILES string of the molecule is CC(C)CCC(OC(C)C)C1CC1. The van der Waals surface area contributed by atoms with Crippen molar-refractivity contribution >= 4 is 0 Å².